The molecule has 2 aromatic rings. The van der Waals surface area contributed by atoms with Crippen LogP contribution < -0.4 is 10.1 Å². The highest BCUT2D eigenvalue weighted by Gasteiger charge is 2.47. The van der Waals surface area contributed by atoms with E-state index in [1.165, 1.54) is 0 Å². The number of rotatable bonds is 4. The molecule has 1 N–H and O–H groups in total. The second-order valence-corrected chi connectivity index (χ2v) is 5.75. The third-order valence-electron chi connectivity index (χ3n) is 4.24. The standard InChI is InChI=1S/C15H18N4O3/c1-9(2)15(7-11(20)17-8-15)14-18-12(19-22-14)10-5-4-6-16-13(10)21-3/h4-6,9H,7-8H2,1-3H3,(H,17,20). The number of ether oxygens (including phenoxy) is 1. The first-order valence-corrected chi connectivity index (χ1v) is 7.17. The summed E-state index contributed by atoms with van der Waals surface area (Å²) in [6, 6.07) is 3.60. The predicted octanol–water partition coefficient (Wildman–Crippen LogP) is 1.55. The highest BCUT2D eigenvalue weighted by Crippen LogP contribution is 2.38. The summed E-state index contributed by atoms with van der Waals surface area (Å²) in [5.41, 5.74) is 0.203. The molecule has 3 heterocycles. The van der Waals surface area contributed by atoms with Crippen LogP contribution >= 0.6 is 0 Å². The van der Waals surface area contributed by atoms with Crippen molar-refractivity contribution in [3.8, 4) is 17.3 Å². The Labute approximate surface area is 128 Å². The van der Waals surface area contributed by atoms with Gasteiger partial charge in [0, 0.05) is 19.2 Å². The molecule has 1 unspecified atom stereocenters. The van der Waals surface area contributed by atoms with E-state index in [1.807, 2.05) is 6.07 Å². The van der Waals surface area contributed by atoms with Crippen molar-refractivity contribution in [1.82, 2.24) is 20.4 Å². The van der Waals surface area contributed by atoms with Gasteiger partial charge < -0.3 is 14.6 Å². The number of methoxy groups -OCH3 is 1. The number of nitrogens with one attached hydrogen (secondary N) is 1. The van der Waals surface area contributed by atoms with Crippen LogP contribution in [0.4, 0.5) is 0 Å². The highest BCUT2D eigenvalue weighted by atomic mass is 16.5. The number of hydrogen-bond donors (Lipinski definition) is 1. The molecule has 1 aliphatic heterocycles. The van der Waals surface area contributed by atoms with Gasteiger partial charge in [-0.15, -0.1) is 0 Å². The Morgan fingerprint density at radius 1 is 1.45 bits per heavy atom. The molecule has 7 nitrogen and oxygen atoms in total. The van der Waals surface area contributed by atoms with E-state index in [1.54, 1.807) is 19.4 Å². The summed E-state index contributed by atoms with van der Waals surface area (Å²) in [4.78, 5) is 20.3. The van der Waals surface area contributed by atoms with Crippen molar-refractivity contribution in [1.29, 1.82) is 0 Å². The van der Waals surface area contributed by atoms with Crippen LogP contribution in [0.1, 0.15) is 26.2 Å². The Bertz CT molecular complexity index is 698. The summed E-state index contributed by atoms with van der Waals surface area (Å²) in [5.74, 6) is 1.53. The number of aromatic nitrogens is 3. The van der Waals surface area contributed by atoms with Crippen LogP contribution in [0.3, 0.4) is 0 Å². The van der Waals surface area contributed by atoms with Gasteiger partial charge in [0.15, 0.2) is 0 Å². The summed E-state index contributed by atoms with van der Waals surface area (Å²) < 4.78 is 10.7. The van der Waals surface area contributed by atoms with Gasteiger partial charge in [0.25, 0.3) is 0 Å². The third kappa shape index (κ3) is 2.22. The van der Waals surface area contributed by atoms with Crippen molar-refractivity contribution in [3.63, 3.8) is 0 Å². The molecule has 3 rings (SSSR count). The summed E-state index contributed by atoms with van der Waals surface area (Å²) in [7, 11) is 1.54. The van der Waals surface area contributed by atoms with Gasteiger partial charge in [-0.3, -0.25) is 4.79 Å². The maximum atomic E-state index is 11.7. The van der Waals surface area contributed by atoms with Crippen LogP contribution in [0.2, 0.25) is 0 Å². The van der Waals surface area contributed by atoms with Crippen LogP contribution in [0.5, 0.6) is 5.88 Å². The molecule has 1 amide bonds. The fourth-order valence-corrected chi connectivity index (χ4v) is 2.73. The lowest BCUT2D eigenvalue weighted by Crippen LogP contribution is -2.35. The maximum Gasteiger partial charge on any atom is 0.235 e. The van der Waals surface area contributed by atoms with Crippen molar-refractivity contribution in [2.75, 3.05) is 13.7 Å². The van der Waals surface area contributed by atoms with Crippen LogP contribution in [0.15, 0.2) is 22.9 Å². The van der Waals surface area contributed by atoms with Gasteiger partial charge in [-0.2, -0.15) is 4.98 Å². The highest BCUT2D eigenvalue weighted by molar-refractivity contribution is 5.80. The third-order valence-corrected chi connectivity index (χ3v) is 4.24. The van der Waals surface area contributed by atoms with Crippen molar-refractivity contribution in [2.24, 2.45) is 5.92 Å². The Kier molecular flexibility index (Phi) is 3.56. The maximum absolute atomic E-state index is 11.7. The van der Waals surface area contributed by atoms with E-state index in [2.05, 4.69) is 34.3 Å². The lowest BCUT2D eigenvalue weighted by atomic mass is 9.76. The minimum Gasteiger partial charge on any atom is -0.480 e. The normalized spacial score (nSPS) is 21.2. The van der Waals surface area contributed by atoms with E-state index in [0.29, 0.717) is 36.1 Å². The predicted molar refractivity (Wildman–Crippen MR) is 78.2 cm³/mol. The molecule has 0 saturated carbocycles. The number of nitrogens with zero attached hydrogens (tertiary/aromatic N) is 3. The van der Waals surface area contributed by atoms with Gasteiger partial charge in [0.05, 0.1) is 18.1 Å². The molecule has 0 aliphatic carbocycles. The molecule has 7 heteroatoms. The Balaban J connectivity index is 2.01. The average Bonchev–Trinajstić information content (AvgIpc) is 3.14. The summed E-state index contributed by atoms with van der Waals surface area (Å²) in [6.07, 6.45) is 2.00. The zero-order chi connectivity index (χ0) is 15.7. The van der Waals surface area contributed by atoms with Gasteiger partial charge in [-0.25, -0.2) is 4.98 Å². The van der Waals surface area contributed by atoms with Gasteiger partial charge in [-0.05, 0) is 18.1 Å². The second kappa shape index (κ2) is 5.40. The SMILES string of the molecule is COc1ncccc1-c1noc(C2(C(C)C)CNC(=O)C2)n1. The minimum atomic E-state index is -0.461. The zero-order valence-corrected chi connectivity index (χ0v) is 12.8. The fourth-order valence-electron chi connectivity index (χ4n) is 2.73. The van der Waals surface area contributed by atoms with Crippen LogP contribution in [-0.4, -0.2) is 34.7 Å². The first kappa shape index (κ1) is 14.5. The first-order valence-electron chi connectivity index (χ1n) is 7.17. The van der Waals surface area contributed by atoms with E-state index >= 15 is 0 Å². The lowest BCUT2D eigenvalue weighted by Gasteiger charge is -2.26. The number of carbonyl (C=O) groups excluding carboxylic acids is 1. The Hall–Kier alpha value is -2.44. The van der Waals surface area contributed by atoms with Gasteiger partial charge in [0.2, 0.25) is 23.5 Å². The van der Waals surface area contributed by atoms with Crippen molar-refractivity contribution >= 4 is 5.91 Å². The molecule has 1 aliphatic rings. The summed E-state index contributed by atoms with van der Waals surface area (Å²) in [6.45, 7) is 4.61. The fraction of sp³-hybridized carbons (Fsp3) is 0.467. The molecule has 1 fully saturated rings. The average molecular weight is 302 g/mol. The Morgan fingerprint density at radius 3 is 2.91 bits per heavy atom. The summed E-state index contributed by atoms with van der Waals surface area (Å²) >= 11 is 0. The molecule has 1 saturated heterocycles. The van der Waals surface area contributed by atoms with Gasteiger partial charge in [0.1, 0.15) is 0 Å². The zero-order valence-electron chi connectivity index (χ0n) is 12.8. The van der Waals surface area contributed by atoms with Crippen LogP contribution in [0, 0.1) is 5.92 Å². The van der Waals surface area contributed by atoms with Crippen molar-refractivity contribution < 1.29 is 14.1 Å². The minimum absolute atomic E-state index is 0.00686. The van der Waals surface area contributed by atoms with E-state index < -0.39 is 5.41 Å². The largest absolute Gasteiger partial charge is 0.480 e. The number of amides is 1. The summed E-state index contributed by atoms with van der Waals surface area (Å²) in [5, 5.41) is 6.90. The topological polar surface area (TPSA) is 90.1 Å². The van der Waals surface area contributed by atoms with Crippen molar-refractivity contribution in [2.45, 2.75) is 25.7 Å². The number of carbonyl (C=O) groups is 1. The van der Waals surface area contributed by atoms with E-state index in [9.17, 15) is 4.79 Å². The molecular weight excluding hydrogens is 284 g/mol. The molecule has 22 heavy (non-hydrogen) atoms. The molecule has 1 atom stereocenters. The van der Waals surface area contributed by atoms with Gasteiger partial charge >= 0.3 is 0 Å². The molecule has 0 spiro atoms. The molecule has 0 bridgehead atoms. The monoisotopic (exact) mass is 302 g/mol. The Morgan fingerprint density at radius 2 is 2.27 bits per heavy atom. The van der Waals surface area contributed by atoms with E-state index in [-0.39, 0.29) is 11.8 Å². The first-order chi connectivity index (χ1) is 10.6. The second-order valence-electron chi connectivity index (χ2n) is 5.75. The van der Waals surface area contributed by atoms with Crippen molar-refractivity contribution in [3.05, 3.63) is 24.2 Å². The van der Waals surface area contributed by atoms with Crippen LogP contribution in [-0.2, 0) is 10.2 Å². The molecular formula is C15H18N4O3. The molecule has 116 valence electrons. The molecule has 0 aromatic carbocycles. The van der Waals surface area contributed by atoms with Crippen LogP contribution in [0.25, 0.3) is 11.4 Å². The smallest absolute Gasteiger partial charge is 0.235 e. The molecule has 0 radical (unpaired) electrons. The van der Waals surface area contributed by atoms with E-state index in [0.717, 1.165) is 0 Å². The lowest BCUT2D eigenvalue weighted by molar-refractivity contribution is -0.119. The van der Waals surface area contributed by atoms with E-state index in [4.69, 9.17) is 9.26 Å². The number of pyridine rings is 1. The van der Waals surface area contributed by atoms with Gasteiger partial charge in [-0.1, -0.05) is 19.0 Å². The quantitative estimate of drug-likeness (QED) is 0.921. The number of hydrogen-bond acceptors (Lipinski definition) is 6. The molecule has 2 aromatic heterocycles.